The second-order valence-electron chi connectivity index (χ2n) is 6.60. The molecular formula is C20H25N3O2. The number of carbonyl (C=O) groups is 1. The van der Waals surface area contributed by atoms with E-state index in [-0.39, 0.29) is 18.1 Å². The van der Waals surface area contributed by atoms with Gasteiger partial charge in [0.15, 0.2) is 0 Å². The Bertz CT molecular complexity index is 678. The predicted octanol–water partition coefficient (Wildman–Crippen LogP) is 3.44. The zero-order valence-electron chi connectivity index (χ0n) is 14.5. The summed E-state index contributed by atoms with van der Waals surface area (Å²) in [5.74, 6) is 0. The smallest absolute Gasteiger partial charge is 0.318 e. The molecule has 1 aromatic heterocycles. The van der Waals surface area contributed by atoms with Gasteiger partial charge in [-0.15, -0.1) is 0 Å². The molecule has 2 aromatic rings. The highest BCUT2D eigenvalue weighted by Gasteiger charge is 2.31. The minimum absolute atomic E-state index is 0.0629. The summed E-state index contributed by atoms with van der Waals surface area (Å²) in [5, 5.41) is 13.5. The summed E-state index contributed by atoms with van der Waals surface area (Å²) in [5.41, 5.74) is 1.93. The lowest BCUT2D eigenvalue weighted by Crippen LogP contribution is -2.44. The third-order valence-electron chi connectivity index (χ3n) is 4.86. The fourth-order valence-electron chi connectivity index (χ4n) is 3.42. The quantitative estimate of drug-likeness (QED) is 0.877. The van der Waals surface area contributed by atoms with E-state index in [0.717, 1.165) is 30.5 Å². The number of benzene rings is 1. The molecule has 2 heterocycles. The van der Waals surface area contributed by atoms with Crippen molar-refractivity contribution in [2.45, 2.75) is 44.4 Å². The van der Waals surface area contributed by atoms with Gasteiger partial charge in [0.2, 0.25) is 0 Å². The zero-order valence-corrected chi connectivity index (χ0v) is 14.5. The number of hydrogen-bond donors (Lipinski definition) is 2. The van der Waals surface area contributed by atoms with Crippen molar-refractivity contribution in [3.8, 4) is 0 Å². The van der Waals surface area contributed by atoms with Crippen molar-refractivity contribution in [1.82, 2.24) is 15.2 Å². The number of nitrogens with one attached hydrogen (secondary N) is 1. The van der Waals surface area contributed by atoms with Crippen LogP contribution >= 0.6 is 0 Å². The van der Waals surface area contributed by atoms with Gasteiger partial charge in [-0.05, 0) is 49.4 Å². The van der Waals surface area contributed by atoms with Crippen LogP contribution in [0.3, 0.4) is 0 Å². The molecule has 0 radical (unpaired) electrons. The van der Waals surface area contributed by atoms with Crippen molar-refractivity contribution < 1.29 is 9.90 Å². The number of aliphatic hydroxyl groups is 1. The van der Waals surface area contributed by atoms with Gasteiger partial charge in [-0.2, -0.15) is 0 Å². The zero-order chi connectivity index (χ0) is 17.6. The second kappa shape index (κ2) is 8.12. The van der Waals surface area contributed by atoms with E-state index in [9.17, 15) is 9.90 Å². The van der Waals surface area contributed by atoms with Crippen molar-refractivity contribution in [2.24, 2.45) is 0 Å². The number of carbonyl (C=O) groups excluding carboxylic acids is 1. The van der Waals surface area contributed by atoms with Crippen LogP contribution in [0.5, 0.6) is 0 Å². The van der Waals surface area contributed by atoms with Crippen LogP contribution in [0.2, 0.25) is 0 Å². The highest BCUT2D eigenvalue weighted by Crippen LogP contribution is 2.27. The Morgan fingerprint density at radius 3 is 2.68 bits per heavy atom. The molecular weight excluding hydrogens is 314 g/mol. The summed E-state index contributed by atoms with van der Waals surface area (Å²) in [6, 6.07) is 13.4. The number of hydrogen-bond acceptors (Lipinski definition) is 3. The molecule has 1 fully saturated rings. The number of pyridine rings is 1. The minimum atomic E-state index is -0.544. The summed E-state index contributed by atoms with van der Waals surface area (Å²) in [6.45, 7) is 2.71. The number of rotatable bonds is 5. The molecule has 1 saturated heterocycles. The molecule has 3 rings (SSSR count). The number of urea groups is 1. The standard InChI is InChI=1S/C20H25N3O2/c1-15(16-9-11-21-12-10-16)22-20(25)23-13-5-8-18(23)14-19(24)17-6-3-2-4-7-17/h2-4,6-7,9-12,15,18-19,24H,5,8,13-14H2,1H3,(H,22,25). The van der Waals surface area contributed by atoms with E-state index in [4.69, 9.17) is 0 Å². The van der Waals surface area contributed by atoms with Crippen LogP contribution in [-0.2, 0) is 0 Å². The van der Waals surface area contributed by atoms with Crippen LogP contribution in [0.4, 0.5) is 4.79 Å². The van der Waals surface area contributed by atoms with Crippen LogP contribution in [0, 0.1) is 0 Å². The van der Waals surface area contributed by atoms with Crippen LogP contribution in [0.1, 0.15) is 49.5 Å². The predicted molar refractivity (Wildman–Crippen MR) is 96.9 cm³/mol. The monoisotopic (exact) mass is 339 g/mol. The highest BCUT2D eigenvalue weighted by atomic mass is 16.3. The van der Waals surface area contributed by atoms with Crippen molar-refractivity contribution >= 4 is 6.03 Å². The van der Waals surface area contributed by atoms with Gasteiger partial charge in [0.25, 0.3) is 0 Å². The van der Waals surface area contributed by atoms with Gasteiger partial charge < -0.3 is 15.3 Å². The maximum absolute atomic E-state index is 12.7. The molecule has 1 aromatic carbocycles. The average Bonchev–Trinajstić information content (AvgIpc) is 3.11. The first-order valence-corrected chi connectivity index (χ1v) is 8.85. The lowest BCUT2D eigenvalue weighted by atomic mass is 10.0. The maximum Gasteiger partial charge on any atom is 0.318 e. The number of aromatic nitrogens is 1. The van der Waals surface area contributed by atoms with Gasteiger partial charge in [0.05, 0.1) is 12.1 Å². The van der Waals surface area contributed by atoms with E-state index in [0.29, 0.717) is 6.42 Å². The van der Waals surface area contributed by atoms with Crippen molar-refractivity contribution in [2.75, 3.05) is 6.54 Å². The topological polar surface area (TPSA) is 65.5 Å². The van der Waals surface area contributed by atoms with Crippen LogP contribution in [0.25, 0.3) is 0 Å². The summed E-state index contributed by atoms with van der Waals surface area (Å²) >= 11 is 0. The molecule has 2 amide bonds. The third kappa shape index (κ3) is 4.37. The van der Waals surface area contributed by atoms with Crippen molar-refractivity contribution in [1.29, 1.82) is 0 Å². The minimum Gasteiger partial charge on any atom is -0.388 e. The molecule has 25 heavy (non-hydrogen) atoms. The number of aliphatic hydroxyl groups excluding tert-OH is 1. The Labute approximate surface area is 148 Å². The Kier molecular flexibility index (Phi) is 5.66. The molecule has 0 bridgehead atoms. The van der Waals surface area contributed by atoms with E-state index in [1.54, 1.807) is 12.4 Å². The van der Waals surface area contributed by atoms with E-state index in [1.165, 1.54) is 0 Å². The first-order valence-electron chi connectivity index (χ1n) is 8.85. The van der Waals surface area contributed by atoms with Gasteiger partial charge in [-0.3, -0.25) is 4.98 Å². The van der Waals surface area contributed by atoms with E-state index in [2.05, 4.69) is 10.3 Å². The SMILES string of the molecule is CC(NC(=O)N1CCCC1CC(O)c1ccccc1)c1ccncc1. The molecule has 0 spiro atoms. The summed E-state index contributed by atoms with van der Waals surface area (Å²) in [6.07, 6.45) is 5.39. The Morgan fingerprint density at radius 2 is 1.96 bits per heavy atom. The molecule has 132 valence electrons. The van der Waals surface area contributed by atoms with Gasteiger partial charge in [-0.1, -0.05) is 30.3 Å². The molecule has 2 N–H and O–H groups in total. The Morgan fingerprint density at radius 1 is 1.24 bits per heavy atom. The molecule has 0 aliphatic carbocycles. The summed E-state index contributed by atoms with van der Waals surface area (Å²) in [4.78, 5) is 18.5. The van der Waals surface area contributed by atoms with E-state index >= 15 is 0 Å². The number of nitrogens with zero attached hydrogens (tertiary/aromatic N) is 2. The molecule has 5 nitrogen and oxygen atoms in total. The summed E-state index contributed by atoms with van der Waals surface area (Å²) < 4.78 is 0. The van der Waals surface area contributed by atoms with Gasteiger partial charge >= 0.3 is 6.03 Å². The van der Waals surface area contributed by atoms with Crippen molar-refractivity contribution in [3.05, 3.63) is 66.0 Å². The maximum atomic E-state index is 12.7. The molecule has 5 heteroatoms. The third-order valence-corrected chi connectivity index (χ3v) is 4.86. The molecule has 1 aliphatic heterocycles. The van der Waals surface area contributed by atoms with E-state index < -0.39 is 6.10 Å². The first-order chi connectivity index (χ1) is 12.1. The molecule has 0 saturated carbocycles. The normalized spacial score (nSPS) is 19.4. The van der Waals surface area contributed by atoms with Crippen LogP contribution in [0.15, 0.2) is 54.9 Å². The van der Waals surface area contributed by atoms with E-state index in [1.807, 2.05) is 54.3 Å². The second-order valence-corrected chi connectivity index (χ2v) is 6.60. The first kappa shape index (κ1) is 17.4. The molecule has 3 unspecified atom stereocenters. The number of likely N-dealkylation sites (tertiary alicyclic amines) is 1. The summed E-state index contributed by atoms with van der Waals surface area (Å²) in [7, 11) is 0. The van der Waals surface area contributed by atoms with Gasteiger partial charge in [0.1, 0.15) is 0 Å². The van der Waals surface area contributed by atoms with Crippen LogP contribution < -0.4 is 5.32 Å². The van der Waals surface area contributed by atoms with Gasteiger partial charge in [-0.25, -0.2) is 4.79 Å². The highest BCUT2D eigenvalue weighted by molar-refractivity contribution is 5.75. The average molecular weight is 339 g/mol. The van der Waals surface area contributed by atoms with Gasteiger partial charge in [0, 0.05) is 25.0 Å². The fourth-order valence-corrected chi connectivity index (χ4v) is 3.42. The lowest BCUT2D eigenvalue weighted by Gasteiger charge is -2.28. The largest absolute Gasteiger partial charge is 0.388 e. The Balaban J connectivity index is 1.60. The molecule has 1 aliphatic rings. The van der Waals surface area contributed by atoms with Crippen molar-refractivity contribution in [3.63, 3.8) is 0 Å². The lowest BCUT2D eigenvalue weighted by molar-refractivity contribution is 0.125. The fraction of sp³-hybridized carbons (Fsp3) is 0.400. The Hall–Kier alpha value is -2.40. The van der Waals surface area contributed by atoms with Crippen LogP contribution in [-0.4, -0.2) is 33.6 Å². The number of amides is 2. The molecule has 3 atom stereocenters.